The minimum atomic E-state index is -3.53. The number of thiophene rings is 1. The first-order valence-electron chi connectivity index (χ1n) is 14.1. The van der Waals surface area contributed by atoms with Crippen LogP contribution in [0.1, 0.15) is 39.2 Å². The Morgan fingerprint density at radius 3 is 2.35 bits per heavy atom. The van der Waals surface area contributed by atoms with Crippen molar-refractivity contribution in [3.8, 4) is 10.6 Å². The van der Waals surface area contributed by atoms with Gasteiger partial charge in [0.2, 0.25) is 10.0 Å². The summed E-state index contributed by atoms with van der Waals surface area (Å²) >= 11 is 3.26. The number of nitrogens with zero attached hydrogens (tertiary/aromatic N) is 3. The Morgan fingerprint density at radius 2 is 1.60 bits per heavy atom. The molecule has 43 heavy (non-hydrogen) atoms. The molecule has 1 amide bonds. The highest BCUT2D eigenvalue weighted by Crippen LogP contribution is 2.46. The highest BCUT2D eigenvalue weighted by molar-refractivity contribution is 7.89. The smallest absolute Gasteiger partial charge is 0.256 e. The molecule has 0 aliphatic carbocycles. The van der Waals surface area contributed by atoms with Crippen LogP contribution < -0.4 is 5.32 Å². The Balaban J connectivity index is 0.00000329. The largest absolute Gasteiger partial charge is 0.313 e. The van der Waals surface area contributed by atoms with Crippen LogP contribution in [0.25, 0.3) is 20.8 Å². The van der Waals surface area contributed by atoms with Gasteiger partial charge in [0.25, 0.3) is 5.91 Å². The molecule has 1 N–H and O–H groups in total. The second kappa shape index (κ2) is 12.5. The van der Waals surface area contributed by atoms with Gasteiger partial charge in [0, 0.05) is 48.7 Å². The summed E-state index contributed by atoms with van der Waals surface area (Å²) in [4.78, 5) is 22.4. The summed E-state index contributed by atoms with van der Waals surface area (Å²) in [6, 6.07) is 24.9. The minimum Gasteiger partial charge on any atom is -0.313 e. The van der Waals surface area contributed by atoms with Crippen LogP contribution in [0, 0.1) is 0 Å². The molecule has 2 aromatic heterocycles. The van der Waals surface area contributed by atoms with Gasteiger partial charge in [0.15, 0.2) is 0 Å². The Bertz CT molecular complexity index is 1830. The number of para-hydroxylation sites is 1. The number of carbonyl (C=O) groups is 1. The zero-order valence-electron chi connectivity index (χ0n) is 23.4. The molecule has 2 aliphatic rings. The first-order chi connectivity index (χ1) is 20.5. The van der Waals surface area contributed by atoms with Gasteiger partial charge in [0.1, 0.15) is 10.0 Å². The van der Waals surface area contributed by atoms with E-state index >= 15 is 0 Å². The molecule has 0 atom stereocenters. The molecule has 1 fully saturated rings. The van der Waals surface area contributed by atoms with Crippen LogP contribution in [-0.4, -0.2) is 48.1 Å². The fraction of sp³-hybridized carbons (Fsp3) is 0.250. The molecule has 0 unspecified atom stereocenters. The maximum Gasteiger partial charge on any atom is 0.256 e. The molecule has 0 radical (unpaired) electrons. The van der Waals surface area contributed by atoms with Crippen LogP contribution in [0.15, 0.2) is 83.8 Å². The van der Waals surface area contributed by atoms with Crippen molar-refractivity contribution in [1.82, 2.24) is 14.2 Å². The van der Waals surface area contributed by atoms with Gasteiger partial charge >= 0.3 is 0 Å². The van der Waals surface area contributed by atoms with Crippen molar-refractivity contribution in [2.45, 2.75) is 37.2 Å². The third-order valence-corrected chi connectivity index (χ3v) is 12.0. The van der Waals surface area contributed by atoms with Gasteiger partial charge < -0.3 is 5.32 Å². The number of thiazole rings is 1. The third-order valence-electron chi connectivity index (χ3n) is 7.94. The molecule has 3 aromatic carbocycles. The molecular formula is C32H31ClN4O3S3. The van der Waals surface area contributed by atoms with E-state index in [0.29, 0.717) is 18.7 Å². The number of benzene rings is 3. The average Bonchev–Trinajstić information content (AvgIpc) is 3.76. The molecule has 5 aromatic rings. The topological polar surface area (TPSA) is 82.6 Å². The summed E-state index contributed by atoms with van der Waals surface area (Å²) in [6.07, 6.45) is 2.64. The summed E-state index contributed by atoms with van der Waals surface area (Å²) in [6.45, 7) is 3.71. The lowest BCUT2D eigenvalue weighted by Gasteiger charge is -2.27. The maximum atomic E-state index is 13.5. The van der Waals surface area contributed by atoms with E-state index in [1.54, 1.807) is 34.8 Å². The average molecular weight is 651 g/mol. The van der Waals surface area contributed by atoms with E-state index in [0.717, 1.165) is 64.7 Å². The van der Waals surface area contributed by atoms with Crippen LogP contribution in [0.2, 0.25) is 0 Å². The molecule has 0 bridgehead atoms. The molecule has 0 spiro atoms. The molecule has 2 aliphatic heterocycles. The van der Waals surface area contributed by atoms with Crippen molar-refractivity contribution in [2.75, 3.05) is 25.0 Å². The predicted molar refractivity (Wildman–Crippen MR) is 177 cm³/mol. The van der Waals surface area contributed by atoms with Gasteiger partial charge in [-0.3, -0.25) is 9.69 Å². The van der Waals surface area contributed by atoms with Crippen molar-refractivity contribution < 1.29 is 13.2 Å². The predicted octanol–water partition coefficient (Wildman–Crippen LogP) is 7.04. The van der Waals surface area contributed by atoms with Gasteiger partial charge in [0.05, 0.1) is 15.1 Å². The zero-order valence-corrected chi connectivity index (χ0v) is 26.6. The Hall–Kier alpha value is -3.12. The molecule has 7 rings (SSSR count). The van der Waals surface area contributed by atoms with E-state index in [1.165, 1.54) is 32.4 Å². The summed E-state index contributed by atoms with van der Waals surface area (Å²) in [5, 5.41) is 4.87. The van der Waals surface area contributed by atoms with Crippen LogP contribution >= 0.6 is 35.1 Å². The number of hydrogen-bond acceptors (Lipinski definition) is 7. The van der Waals surface area contributed by atoms with Gasteiger partial charge in [-0.2, -0.15) is 4.31 Å². The highest BCUT2D eigenvalue weighted by atomic mass is 35.5. The van der Waals surface area contributed by atoms with Crippen LogP contribution in [0.5, 0.6) is 0 Å². The highest BCUT2D eigenvalue weighted by Gasteiger charge is 2.29. The van der Waals surface area contributed by atoms with Crippen molar-refractivity contribution >= 4 is 66.2 Å². The SMILES string of the molecule is Cl.O=C(Nc1sc2c(c1-c1nc3ccccc3s1)CCN(Cc1ccccc1)C2)c1ccc(S(=O)(=O)N2CCCC2)cc1. The van der Waals surface area contributed by atoms with E-state index in [1.807, 2.05) is 24.3 Å². The Morgan fingerprint density at radius 1 is 0.884 bits per heavy atom. The second-order valence-corrected chi connectivity index (χ2v) is 14.8. The van der Waals surface area contributed by atoms with E-state index in [4.69, 9.17) is 4.98 Å². The summed E-state index contributed by atoms with van der Waals surface area (Å²) in [7, 11) is -3.53. The van der Waals surface area contributed by atoms with Gasteiger partial charge in [-0.1, -0.05) is 42.5 Å². The number of hydrogen-bond donors (Lipinski definition) is 1. The first-order valence-corrected chi connectivity index (χ1v) is 17.2. The Kier molecular flexibility index (Phi) is 8.68. The van der Waals surface area contributed by atoms with E-state index in [-0.39, 0.29) is 23.2 Å². The minimum absolute atomic E-state index is 0. The zero-order chi connectivity index (χ0) is 28.7. The second-order valence-electron chi connectivity index (χ2n) is 10.7. The van der Waals surface area contributed by atoms with Crippen LogP contribution in [-0.2, 0) is 29.5 Å². The summed E-state index contributed by atoms with van der Waals surface area (Å²) in [5.74, 6) is -0.262. The maximum absolute atomic E-state index is 13.5. The number of nitrogens with one attached hydrogen (secondary N) is 1. The standard InChI is InChI=1S/C32H30N4O3S3.ClH/c37-30(23-12-14-24(15-13-23)42(38,39)36-17-6-7-18-36)34-32-29(31-33-26-10-4-5-11-27(26)40-31)25-16-19-35(21-28(25)41-32)20-22-8-2-1-3-9-22;/h1-5,8-15H,6-7,16-21H2,(H,34,37);1H. The quantitative estimate of drug-likeness (QED) is 0.204. The van der Waals surface area contributed by atoms with Crippen molar-refractivity contribution in [3.05, 3.63) is 100 Å². The molecular weight excluding hydrogens is 620 g/mol. The Labute approximate surface area is 265 Å². The van der Waals surface area contributed by atoms with Crippen molar-refractivity contribution in [2.24, 2.45) is 0 Å². The lowest BCUT2D eigenvalue weighted by Crippen LogP contribution is -2.29. The summed E-state index contributed by atoms with van der Waals surface area (Å²) in [5.41, 5.74) is 4.92. The van der Waals surface area contributed by atoms with E-state index < -0.39 is 10.0 Å². The fourth-order valence-electron chi connectivity index (χ4n) is 5.76. The third kappa shape index (κ3) is 6.00. The number of carbonyl (C=O) groups excluding carboxylic acids is 1. The molecule has 0 saturated carbocycles. The van der Waals surface area contributed by atoms with E-state index in [9.17, 15) is 13.2 Å². The van der Waals surface area contributed by atoms with Gasteiger partial charge in [-0.15, -0.1) is 35.1 Å². The molecule has 11 heteroatoms. The molecule has 4 heterocycles. The number of halogens is 1. The first kappa shape index (κ1) is 29.9. The normalized spacial score (nSPS) is 15.7. The fourth-order valence-corrected chi connectivity index (χ4v) is 9.67. The number of sulfonamides is 1. The lowest BCUT2D eigenvalue weighted by atomic mass is 10.0. The number of amides is 1. The molecule has 7 nitrogen and oxygen atoms in total. The number of anilines is 1. The van der Waals surface area contributed by atoms with Crippen molar-refractivity contribution in [1.29, 1.82) is 0 Å². The van der Waals surface area contributed by atoms with Crippen LogP contribution in [0.4, 0.5) is 5.00 Å². The molecule has 1 saturated heterocycles. The van der Waals surface area contributed by atoms with Crippen molar-refractivity contribution in [3.63, 3.8) is 0 Å². The van der Waals surface area contributed by atoms with Crippen LogP contribution in [0.3, 0.4) is 0 Å². The number of aromatic nitrogens is 1. The number of fused-ring (bicyclic) bond motifs is 2. The number of rotatable bonds is 7. The van der Waals surface area contributed by atoms with Gasteiger partial charge in [-0.25, -0.2) is 13.4 Å². The van der Waals surface area contributed by atoms with Gasteiger partial charge in [-0.05, 0) is 66.8 Å². The monoisotopic (exact) mass is 650 g/mol. The lowest BCUT2D eigenvalue weighted by molar-refractivity contribution is 0.102. The summed E-state index contributed by atoms with van der Waals surface area (Å²) < 4.78 is 28.5. The van der Waals surface area contributed by atoms with E-state index in [2.05, 4.69) is 40.5 Å². The molecule has 222 valence electrons.